The zero-order valence-electron chi connectivity index (χ0n) is 9.72. The first-order chi connectivity index (χ1) is 6.42. The third-order valence-electron chi connectivity index (χ3n) is 2.11. The second kappa shape index (κ2) is 4.13. The molecule has 0 aliphatic carbocycles. The summed E-state index contributed by atoms with van der Waals surface area (Å²) < 4.78 is 5.64. The van der Waals surface area contributed by atoms with Gasteiger partial charge in [0.25, 0.3) is 0 Å². The van der Waals surface area contributed by atoms with Gasteiger partial charge in [-0.05, 0) is 19.4 Å². The minimum atomic E-state index is 0.227. The van der Waals surface area contributed by atoms with Gasteiger partial charge >= 0.3 is 0 Å². The van der Waals surface area contributed by atoms with Crippen LogP contribution in [0.5, 0.6) is 0 Å². The number of oxazole rings is 1. The van der Waals surface area contributed by atoms with Crippen molar-refractivity contribution < 1.29 is 4.42 Å². The highest BCUT2D eigenvalue weighted by atomic mass is 16.4. The molecule has 0 saturated carbocycles. The van der Waals surface area contributed by atoms with Crippen molar-refractivity contribution in [1.29, 1.82) is 0 Å². The molecular weight excluding hydrogens is 176 g/mol. The van der Waals surface area contributed by atoms with Crippen LogP contribution in [-0.4, -0.2) is 12.0 Å². The fourth-order valence-corrected chi connectivity index (χ4v) is 1.20. The third-order valence-corrected chi connectivity index (χ3v) is 2.11. The van der Waals surface area contributed by atoms with Gasteiger partial charge in [0.15, 0.2) is 5.89 Å². The summed E-state index contributed by atoms with van der Waals surface area (Å²) in [5.74, 6) is 1.74. The van der Waals surface area contributed by atoms with E-state index in [-0.39, 0.29) is 11.5 Å². The van der Waals surface area contributed by atoms with Gasteiger partial charge in [-0.3, -0.25) is 0 Å². The maximum absolute atomic E-state index is 5.64. The van der Waals surface area contributed by atoms with Crippen LogP contribution in [0.4, 0.5) is 0 Å². The van der Waals surface area contributed by atoms with Gasteiger partial charge in [0.2, 0.25) is 0 Å². The van der Waals surface area contributed by atoms with E-state index in [0.717, 1.165) is 18.1 Å². The SMILES string of the molecule is CNC(C)c1cnc(CC(C)(C)C)o1. The summed E-state index contributed by atoms with van der Waals surface area (Å²) in [6.07, 6.45) is 2.69. The summed E-state index contributed by atoms with van der Waals surface area (Å²) in [7, 11) is 1.91. The minimum absolute atomic E-state index is 0.227. The van der Waals surface area contributed by atoms with Crippen LogP contribution in [0, 0.1) is 5.41 Å². The lowest BCUT2D eigenvalue weighted by atomic mass is 9.92. The van der Waals surface area contributed by atoms with Crippen molar-refractivity contribution in [2.75, 3.05) is 7.05 Å². The van der Waals surface area contributed by atoms with Crippen LogP contribution >= 0.6 is 0 Å². The molecule has 0 aliphatic heterocycles. The molecule has 0 radical (unpaired) electrons. The van der Waals surface area contributed by atoms with Gasteiger partial charge in [0.05, 0.1) is 12.2 Å². The van der Waals surface area contributed by atoms with Gasteiger partial charge in [0, 0.05) is 6.42 Å². The number of nitrogens with one attached hydrogen (secondary N) is 1. The summed E-state index contributed by atoms with van der Waals surface area (Å²) in [5, 5.41) is 3.12. The third kappa shape index (κ3) is 3.14. The van der Waals surface area contributed by atoms with Gasteiger partial charge in [-0.15, -0.1) is 0 Å². The van der Waals surface area contributed by atoms with Gasteiger partial charge in [-0.1, -0.05) is 20.8 Å². The highest BCUT2D eigenvalue weighted by Gasteiger charge is 2.16. The summed E-state index contributed by atoms with van der Waals surface area (Å²) in [6.45, 7) is 8.59. The van der Waals surface area contributed by atoms with Crippen molar-refractivity contribution in [3.8, 4) is 0 Å². The lowest BCUT2D eigenvalue weighted by molar-refractivity contribution is 0.336. The molecule has 0 aromatic carbocycles. The zero-order valence-corrected chi connectivity index (χ0v) is 9.72. The molecule has 14 heavy (non-hydrogen) atoms. The van der Waals surface area contributed by atoms with E-state index in [1.807, 2.05) is 13.2 Å². The van der Waals surface area contributed by atoms with Crippen molar-refractivity contribution in [3.05, 3.63) is 17.8 Å². The fourth-order valence-electron chi connectivity index (χ4n) is 1.20. The average molecular weight is 196 g/mol. The summed E-state index contributed by atoms with van der Waals surface area (Å²) in [4.78, 5) is 4.26. The Morgan fingerprint density at radius 2 is 2.14 bits per heavy atom. The average Bonchev–Trinajstić information content (AvgIpc) is 2.48. The molecule has 0 fully saturated rings. The molecule has 1 heterocycles. The van der Waals surface area contributed by atoms with Gasteiger partial charge in [-0.2, -0.15) is 0 Å². The fraction of sp³-hybridized carbons (Fsp3) is 0.727. The molecule has 0 bridgehead atoms. The molecule has 3 nitrogen and oxygen atoms in total. The van der Waals surface area contributed by atoms with Crippen molar-refractivity contribution in [1.82, 2.24) is 10.3 Å². The van der Waals surface area contributed by atoms with E-state index in [0.29, 0.717) is 0 Å². The Kier molecular flexibility index (Phi) is 3.32. The maximum Gasteiger partial charge on any atom is 0.194 e. The highest BCUT2D eigenvalue weighted by Crippen LogP contribution is 2.21. The second-order valence-corrected chi connectivity index (χ2v) is 4.90. The molecule has 1 unspecified atom stereocenters. The molecule has 0 spiro atoms. The predicted molar refractivity (Wildman–Crippen MR) is 57.1 cm³/mol. The molecule has 0 saturated heterocycles. The van der Waals surface area contributed by atoms with Gasteiger partial charge < -0.3 is 9.73 Å². The van der Waals surface area contributed by atoms with E-state index in [1.54, 1.807) is 0 Å². The van der Waals surface area contributed by atoms with Crippen LogP contribution in [0.25, 0.3) is 0 Å². The predicted octanol–water partition coefficient (Wildman–Crippen LogP) is 2.54. The first-order valence-corrected chi connectivity index (χ1v) is 5.04. The summed E-state index contributed by atoms with van der Waals surface area (Å²) >= 11 is 0. The van der Waals surface area contributed by atoms with E-state index >= 15 is 0 Å². The highest BCUT2D eigenvalue weighted by molar-refractivity contribution is 5.00. The number of hydrogen-bond acceptors (Lipinski definition) is 3. The van der Waals surface area contributed by atoms with Crippen LogP contribution < -0.4 is 5.32 Å². The Labute approximate surface area is 85.9 Å². The maximum atomic E-state index is 5.64. The molecule has 1 aromatic rings. The number of hydrogen-bond donors (Lipinski definition) is 1. The normalized spacial score (nSPS) is 14.4. The standard InChI is InChI=1S/C11H20N2O/c1-8(12-5)9-7-13-10(14-9)6-11(2,3)4/h7-8,12H,6H2,1-5H3. The zero-order chi connectivity index (χ0) is 10.8. The minimum Gasteiger partial charge on any atom is -0.444 e. The molecule has 3 heteroatoms. The van der Waals surface area contributed by atoms with Crippen LogP contribution in [0.1, 0.15) is 45.4 Å². The molecule has 1 aromatic heterocycles. The lowest BCUT2D eigenvalue weighted by Gasteiger charge is -2.14. The van der Waals surface area contributed by atoms with Crippen LogP contribution in [0.15, 0.2) is 10.6 Å². The molecular formula is C11H20N2O. The van der Waals surface area contributed by atoms with Crippen LogP contribution in [0.3, 0.4) is 0 Å². The molecule has 1 N–H and O–H groups in total. The quantitative estimate of drug-likeness (QED) is 0.807. The van der Waals surface area contributed by atoms with Crippen LogP contribution in [-0.2, 0) is 6.42 Å². The van der Waals surface area contributed by atoms with E-state index < -0.39 is 0 Å². The molecule has 1 rings (SSSR count). The topological polar surface area (TPSA) is 38.1 Å². The van der Waals surface area contributed by atoms with Crippen molar-refractivity contribution in [3.63, 3.8) is 0 Å². The Hall–Kier alpha value is -0.830. The number of rotatable bonds is 3. The van der Waals surface area contributed by atoms with Crippen molar-refractivity contribution >= 4 is 0 Å². The second-order valence-electron chi connectivity index (χ2n) is 4.90. The summed E-state index contributed by atoms with van der Waals surface area (Å²) in [6, 6.07) is 0.233. The summed E-state index contributed by atoms with van der Waals surface area (Å²) in [5.41, 5.74) is 0.227. The largest absolute Gasteiger partial charge is 0.444 e. The molecule has 0 aliphatic rings. The first kappa shape index (κ1) is 11.2. The molecule has 1 atom stereocenters. The lowest BCUT2D eigenvalue weighted by Crippen LogP contribution is -2.11. The van der Waals surface area contributed by atoms with E-state index in [1.165, 1.54) is 0 Å². The number of nitrogens with zero attached hydrogens (tertiary/aromatic N) is 1. The Bertz CT molecular complexity index is 286. The van der Waals surface area contributed by atoms with Crippen LogP contribution in [0.2, 0.25) is 0 Å². The van der Waals surface area contributed by atoms with E-state index in [4.69, 9.17) is 4.42 Å². The molecule has 0 amide bonds. The Morgan fingerprint density at radius 1 is 1.50 bits per heavy atom. The Balaban J connectivity index is 2.69. The smallest absolute Gasteiger partial charge is 0.194 e. The van der Waals surface area contributed by atoms with Crippen molar-refractivity contribution in [2.24, 2.45) is 5.41 Å². The molecule has 80 valence electrons. The van der Waals surface area contributed by atoms with Gasteiger partial charge in [0.1, 0.15) is 5.76 Å². The van der Waals surface area contributed by atoms with Gasteiger partial charge in [-0.25, -0.2) is 4.98 Å². The van der Waals surface area contributed by atoms with E-state index in [9.17, 15) is 0 Å². The Morgan fingerprint density at radius 3 is 2.64 bits per heavy atom. The number of aromatic nitrogens is 1. The first-order valence-electron chi connectivity index (χ1n) is 5.04. The van der Waals surface area contributed by atoms with E-state index in [2.05, 4.69) is 38.0 Å². The monoisotopic (exact) mass is 196 g/mol. The van der Waals surface area contributed by atoms with Crippen molar-refractivity contribution in [2.45, 2.75) is 40.2 Å².